The minimum absolute atomic E-state index is 0.168. The molecule has 33 heavy (non-hydrogen) atoms. The fraction of sp³-hybridized carbons (Fsp3) is 0.360. The second-order valence-corrected chi connectivity index (χ2v) is 8.46. The summed E-state index contributed by atoms with van der Waals surface area (Å²) in [7, 11) is 0. The van der Waals surface area contributed by atoms with Crippen molar-refractivity contribution in [1.82, 2.24) is 4.98 Å². The number of fused-ring (bicyclic) bond motifs is 1. The van der Waals surface area contributed by atoms with Crippen LogP contribution in [0.2, 0.25) is 0 Å². The fourth-order valence-electron chi connectivity index (χ4n) is 4.13. The highest BCUT2D eigenvalue weighted by atomic mass is 19.4. The molecule has 0 radical (unpaired) electrons. The average Bonchev–Trinajstić information content (AvgIpc) is 2.82. The van der Waals surface area contributed by atoms with E-state index >= 15 is 0 Å². The number of aliphatic hydroxyl groups excluding tert-OH is 1. The van der Waals surface area contributed by atoms with E-state index in [1.807, 2.05) is 24.3 Å². The number of anilines is 2. The number of aryl methyl sites for hydroxylation is 1. The van der Waals surface area contributed by atoms with Crippen LogP contribution in [0.3, 0.4) is 0 Å². The summed E-state index contributed by atoms with van der Waals surface area (Å²) >= 11 is 0. The number of carbonyl (C=O) groups is 1. The molecule has 1 aliphatic rings. The Morgan fingerprint density at radius 3 is 2.64 bits per heavy atom. The van der Waals surface area contributed by atoms with Crippen LogP contribution in [0.4, 0.5) is 24.7 Å². The topological polar surface area (TPSA) is 65.5 Å². The number of amides is 1. The zero-order valence-electron chi connectivity index (χ0n) is 18.1. The van der Waals surface area contributed by atoms with Crippen LogP contribution < -0.4 is 10.2 Å². The van der Waals surface area contributed by atoms with E-state index in [0.29, 0.717) is 17.7 Å². The van der Waals surface area contributed by atoms with Gasteiger partial charge in [0.05, 0.1) is 11.1 Å². The summed E-state index contributed by atoms with van der Waals surface area (Å²) in [6.45, 7) is 1.90. The SMILES string of the molecule is O=C(CCc1ccc(C(F)(F)F)cc1)Nc1ccc2nc(N3CCC[C@H](CO)C3)ccc2c1. The maximum Gasteiger partial charge on any atom is 0.416 e. The van der Waals surface area contributed by atoms with E-state index in [-0.39, 0.29) is 24.9 Å². The van der Waals surface area contributed by atoms with Crippen LogP contribution in [0.1, 0.15) is 30.4 Å². The van der Waals surface area contributed by atoms with Crippen molar-refractivity contribution < 1.29 is 23.1 Å². The van der Waals surface area contributed by atoms with Gasteiger partial charge in [-0.3, -0.25) is 4.79 Å². The molecular weight excluding hydrogens is 431 g/mol. The second kappa shape index (κ2) is 9.79. The summed E-state index contributed by atoms with van der Waals surface area (Å²) < 4.78 is 38.0. The van der Waals surface area contributed by atoms with Gasteiger partial charge in [-0.05, 0) is 73.2 Å². The summed E-state index contributed by atoms with van der Waals surface area (Å²) in [5.41, 5.74) is 1.45. The molecule has 174 valence electrons. The van der Waals surface area contributed by atoms with Crippen molar-refractivity contribution in [3.05, 3.63) is 65.7 Å². The Balaban J connectivity index is 1.36. The second-order valence-electron chi connectivity index (χ2n) is 8.46. The van der Waals surface area contributed by atoms with Gasteiger partial charge in [0.25, 0.3) is 0 Å². The quantitative estimate of drug-likeness (QED) is 0.545. The Morgan fingerprint density at radius 1 is 1.12 bits per heavy atom. The molecule has 8 heteroatoms. The lowest BCUT2D eigenvalue weighted by molar-refractivity contribution is -0.137. The van der Waals surface area contributed by atoms with Gasteiger partial charge in [0.15, 0.2) is 0 Å². The Morgan fingerprint density at radius 2 is 1.91 bits per heavy atom. The van der Waals surface area contributed by atoms with Gasteiger partial charge in [-0.2, -0.15) is 13.2 Å². The third-order valence-electron chi connectivity index (χ3n) is 5.98. The number of aliphatic hydroxyl groups is 1. The highest BCUT2D eigenvalue weighted by Gasteiger charge is 2.29. The zero-order chi connectivity index (χ0) is 23.4. The third kappa shape index (κ3) is 5.82. The largest absolute Gasteiger partial charge is 0.416 e. The summed E-state index contributed by atoms with van der Waals surface area (Å²) in [5, 5.41) is 13.2. The van der Waals surface area contributed by atoms with Crippen LogP contribution in [0, 0.1) is 5.92 Å². The number of rotatable bonds is 6. The predicted molar refractivity (Wildman–Crippen MR) is 122 cm³/mol. The number of halogens is 3. The number of pyridine rings is 1. The standard InChI is InChI=1S/C25H26F3N3O2/c26-25(27,28)20-7-3-17(4-8-20)5-12-24(33)29-21-9-10-22-19(14-21)6-11-23(30-22)31-13-1-2-18(15-31)16-32/h3-4,6-11,14,18,32H,1-2,5,12-13,15-16H2,(H,29,33)/t18-/m0/s1. The van der Waals surface area contributed by atoms with E-state index in [4.69, 9.17) is 4.98 Å². The van der Waals surface area contributed by atoms with Crippen molar-refractivity contribution in [2.24, 2.45) is 5.92 Å². The van der Waals surface area contributed by atoms with Crippen molar-refractivity contribution in [3.63, 3.8) is 0 Å². The number of hydrogen-bond acceptors (Lipinski definition) is 4. The van der Waals surface area contributed by atoms with Crippen molar-refractivity contribution in [3.8, 4) is 0 Å². The van der Waals surface area contributed by atoms with Gasteiger partial charge < -0.3 is 15.3 Å². The van der Waals surface area contributed by atoms with Crippen molar-refractivity contribution >= 4 is 28.3 Å². The molecule has 2 heterocycles. The summed E-state index contributed by atoms with van der Waals surface area (Å²) in [4.78, 5) is 19.3. The molecule has 1 aliphatic heterocycles. The summed E-state index contributed by atoms with van der Waals surface area (Å²) in [6.07, 6.45) is -1.78. The number of aromatic nitrogens is 1. The number of piperidine rings is 1. The van der Waals surface area contributed by atoms with Crippen LogP contribution >= 0.6 is 0 Å². The molecule has 0 saturated carbocycles. The smallest absolute Gasteiger partial charge is 0.396 e. The molecule has 2 N–H and O–H groups in total. The van der Waals surface area contributed by atoms with Crippen molar-refractivity contribution in [2.45, 2.75) is 31.9 Å². The first-order valence-corrected chi connectivity index (χ1v) is 11.0. The molecule has 1 amide bonds. The molecule has 4 rings (SSSR count). The number of alkyl halides is 3. The molecule has 1 atom stereocenters. The molecule has 0 spiro atoms. The zero-order valence-corrected chi connectivity index (χ0v) is 18.1. The van der Waals surface area contributed by atoms with Crippen molar-refractivity contribution in [2.75, 3.05) is 29.9 Å². The van der Waals surface area contributed by atoms with Crippen LogP contribution in [-0.4, -0.2) is 35.7 Å². The highest BCUT2D eigenvalue weighted by molar-refractivity contribution is 5.94. The number of hydrogen-bond donors (Lipinski definition) is 2. The maximum atomic E-state index is 12.7. The molecule has 2 aromatic carbocycles. The first-order chi connectivity index (χ1) is 15.8. The number of nitrogens with one attached hydrogen (secondary N) is 1. The summed E-state index contributed by atoms with van der Waals surface area (Å²) in [6, 6.07) is 14.3. The van der Waals surface area contributed by atoms with E-state index < -0.39 is 11.7 Å². The molecule has 1 aromatic heterocycles. The van der Waals surface area contributed by atoms with E-state index in [1.165, 1.54) is 12.1 Å². The lowest BCUT2D eigenvalue weighted by Crippen LogP contribution is -2.37. The Labute approximate surface area is 190 Å². The summed E-state index contributed by atoms with van der Waals surface area (Å²) in [5.74, 6) is 0.951. The highest BCUT2D eigenvalue weighted by Crippen LogP contribution is 2.29. The van der Waals surface area contributed by atoms with Crippen LogP contribution in [0.25, 0.3) is 10.9 Å². The average molecular weight is 457 g/mol. The number of carbonyl (C=O) groups excluding carboxylic acids is 1. The molecular formula is C25H26F3N3O2. The van der Waals surface area contributed by atoms with Gasteiger partial charge in [0, 0.05) is 37.2 Å². The van der Waals surface area contributed by atoms with Crippen LogP contribution in [0.15, 0.2) is 54.6 Å². The first kappa shape index (κ1) is 23.0. The van der Waals surface area contributed by atoms with Gasteiger partial charge in [0.2, 0.25) is 5.91 Å². The Bertz CT molecular complexity index is 1120. The third-order valence-corrected chi connectivity index (χ3v) is 5.98. The molecule has 0 unspecified atom stereocenters. The molecule has 1 saturated heterocycles. The van der Waals surface area contributed by atoms with E-state index in [9.17, 15) is 23.1 Å². The normalized spacial score (nSPS) is 16.7. The molecule has 0 bridgehead atoms. The van der Waals surface area contributed by atoms with E-state index in [0.717, 1.165) is 54.8 Å². The number of nitrogens with zero attached hydrogens (tertiary/aromatic N) is 2. The van der Waals surface area contributed by atoms with E-state index in [1.54, 1.807) is 6.07 Å². The molecule has 5 nitrogen and oxygen atoms in total. The molecule has 1 fully saturated rings. The fourth-order valence-corrected chi connectivity index (χ4v) is 4.13. The van der Waals surface area contributed by atoms with Gasteiger partial charge in [-0.25, -0.2) is 4.98 Å². The minimum atomic E-state index is -4.36. The maximum absolute atomic E-state index is 12.7. The molecule has 0 aliphatic carbocycles. The van der Waals surface area contributed by atoms with Crippen molar-refractivity contribution in [1.29, 1.82) is 0 Å². The van der Waals surface area contributed by atoms with Gasteiger partial charge in [-0.1, -0.05) is 12.1 Å². The predicted octanol–water partition coefficient (Wildman–Crippen LogP) is 5.03. The lowest BCUT2D eigenvalue weighted by atomic mass is 9.99. The Hall–Kier alpha value is -3.13. The van der Waals surface area contributed by atoms with Gasteiger partial charge in [0.1, 0.15) is 5.82 Å². The van der Waals surface area contributed by atoms with Crippen LogP contribution in [0.5, 0.6) is 0 Å². The van der Waals surface area contributed by atoms with Gasteiger partial charge >= 0.3 is 6.18 Å². The first-order valence-electron chi connectivity index (χ1n) is 11.0. The van der Waals surface area contributed by atoms with Gasteiger partial charge in [-0.15, -0.1) is 0 Å². The molecule has 3 aromatic rings. The number of benzene rings is 2. The minimum Gasteiger partial charge on any atom is -0.396 e. The van der Waals surface area contributed by atoms with E-state index in [2.05, 4.69) is 10.2 Å². The Kier molecular flexibility index (Phi) is 6.83. The lowest BCUT2D eigenvalue weighted by Gasteiger charge is -2.32. The monoisotopic (exact) mass is 457 g/mol. The van der Waals surface area contributed by atoms with Crippen LogP contribution in [-0.2, 0) is 17.4 Å².